The van der Waals surface area contributed by atoms with Crippen molar-refractivity contribution >= 4 is 0 Å². The Morgan fingerprint density at radius 2 is 2.18 bits per heavy atom. The Kier molecular flexibility index (Phi) is 1.26. The molecule has 0 heterocycles. The molecule has 0 aliphatic heterocycles. The Morgan fingerprint density at radius 1 is 1.55 bits per heavy atom. The second kappa shape index (κ2) is 1.89. The maximum absolute atomic E-state index is 9.57. The first kappa shape index (κ1) is 7.35. The standard InChI is InChI=1S/C10H16O/c1-6-8-4-7(5-9(6)11)10(8,2)3/h4,6,8-9,11H,5H2,1-3H3. The minimum Gasteiger partial charge on any atom is -0.392 e. The highest BCUT2D eigenvalue weighted by atomic mass is 16.3. The first-order chi connectivity index (χ1) is 5.03. The number of fused-ring (bicyclic) bond motifs is 2. The van der Waals surface area contributed by atoms with Crippen LogP contribution in [-0.2, 0) is 0 Å². The zero-order valence-electron chi connectivity index (χ0n) is 7.46. The van der Waals surface area contributed by atoms with E-state index in [1.54, 1.807) is 0 Å². The van der Waals surface area contributed by atoms with Gasteiger partial charge in [-0.05, 0) is 23.7 Å². The van der Waals surface area contributed by atoms with Crippen LogP contribution in [0.4, 0.5) is 0 Å². The first-order valence-electron chi connectivity index (χ1n) is 4.42. The van der Waals surface area contributed by atoms with Gasteiger partial charge in [0.2, 0.25) is 0 Å². The predicted octanol–water partition coefficient (Wildman–Crippen LogP) is 1.97. The normalized spacial score (nSPS) is 46.2. The predicted molar refractivity (Wildman–Crippen MR) is 45.1 cm³/mol. The van der Waals surface area contributed by atoms with Gasteiger partial charge in [-0.15, -0.1) is 0 Å². The molecule has 11 heavy (non-hydrogen) atoms. The van der Waals surface area contributed by atoms with E-state index in [4.69, 9.17) is 0 Å². The van der Waals surface area contributed by atoms with Crippen LogP contribution in [0.1, 0.15) is 27.2 Å². The second-order valence-electron chi connectivity index (χ2n) is 4.57. The van der Waals surface area contributed by atoms with Gasteiger partial charge in [-0.25, -0.2) is 0 Å². The Balaban J connectivity index is 2.28. The molecule has 3 aliphatic rings. The second-order valence-corrected chi connectivity index (χ2v) is 4.57. The van der Waals surface area contributed by atoms with Crippen LogP contribution in [0.5, 0.6) is 0 Å². The lowest BCUT2D eigenvalue weighted by Gasteiger charge is -2.53. The van der Waals surface area contributed by atoms with Crippen molar-refractivity contribution in [3.63, 3.8) is 0 Å². The van der Waals surface area contributed by atoms with E-state index in [2.05, 4.69) is 26.8 Å². The van der Waals surface area contributed by atoms with E-state index >= 15 is 0 Å². The Morgan fingerprint density at radius 3 is 2.55 bits per heavy atom. The van der Waals surface area contributed by atoms with E-state index in [9.17, 15) is 5.11 Å². The fourth-order valence-corrected chi connectivity index (χ4v) is 2.55. The van der Waals surface area contributed by atoms with Crippen LogP contribution >= 0.6 is 0 Å². The molecule has 0 spiro atoms. The van der Waals surface area contributed by atoms with E-state index in [1.165, 1.54) is 5.57 Å². The molecular formula is C10H16O. The van der Waals surface area contributed by atoms with Crippen molar-refractivity contribution in [3.05, 3.63) is 11.6 Å². The SMILES string of the molecule is CC1C(O)CC2=CC1C2(C)C. The average Bonchev–Trinajstić information content (AvgIpc) is 1.93. The van der Waals surface area contributed by atoms with Crippen molar-refractivity contribution in [2.45, 2.75) is 33.3 Å². The summed E-state index contributed by atoms with van der Waals surface area (Å²) in [5, 5.41) is 9.57. The van der Waals surface area contributed by atoms with E-state index < -0.39 is 0 Å². The Hall–Kier alpha value is -0.300. The molecule has 1 nitrogen and oxygen atoms in total. The number of aliphatic hydroxyl groups excluding tert-OH is 1. The number of aliphatic hydroxyl groups is 1. The van der Waals surface area contributed by atoms with Gasteiger partial charge in [-0.1, -0.05) is 32.4 Å². The summed E-state index contributed by atoms with van der Waals surface area (Å²) in [5.41, 5.74) is 1.85. The molecule has 1 saturated carbocycles. The smallest absolute Gasteiger partial charge is 0.0608 e. The summed E-state index contributed by atoms with van der Waals surface area (Å²) in [4.78, 5) is 0. The number of hydrogen-bond donors (Lipinski definition) is 1. The third-order valence-electron chi connectivity index (χ3n) is 3.64. The van der Waals surface area contributed by atoms with Crippen LogP contribution in [0.25, 0.3) is 0 Å². The molecule has 0 aromatic carbocycles. The monoisotopic (exact) mass is 152 g/mol. The minimum atomic E-state index is -0.0759. The van der Waals surface area contributed by atoms with Gasteiger partial charge >= 0.3 is 0 Å². The van der Waals surface area contributed by atoms with Crippen molar-refractivity contribution < 1.29 is 5.11 Å². The third kappa shape index (κ3) is 0.750. The molecule has 0 aromatic heterocycles. The fraction of sp³-hybridized carbons (Fsp3) is 0.800. The molecule has 1 N–H and O–H groups in total. The number of allylic oxidation sites excluding steroid dienone is 1. The van der Waals surface area contributed by atoms with E-state index in [1.807, 2.05) is 0 Å². The lowest BCUT2D eigenvalue weighted by atomic mass is 9.52. The van der Waals surface area contributed by atoms with Crippen LogP contribution in [0.3, 0.4) is 0 Å². The zero-order chi connectivity index (χ0) is 8.22. The van der Waals surface area contributed by atoms with Crippen LogP contribution in [0, 0.1) is 17.3 Å². The lowest BCUT2D eigenvalue weighted by Crippen LogP contribution is -2.48. The number of rotatable bonds is 0. The molecular weight excluding hydrogens is 136 g/mol. The molecule has 2 bridgehead atoms. The zero-order valence-corrected chi connectivity index (χ0v) is 7.46. The molecule has 1 fully saturated rings. The van der Waals surface area contributed by atoms with E-state index in [-0.39, 0.29) is 6.10 Å². The van der Waals surface area contributed by atoms with Gasteiger partial charge in [-0.2, -0.15) is 0 Å². The highest BCUT2D eigenvalue weighted by Crippen LogP contribution is 2.56. The van der Waals surface area contributed by atoms with Gasteiger partial charge in [0.15, 0.2) is 0 Å². The molecule has 0 amide bonds. The van der Waals surface area contributed by atoms with Crippen LogP contribution in [-0.4, -0.2) is 11.2 Å². The molecule has 3 unspecified atom stereocenters. The summed E-state index contributed by atoms with van der Waals surface area (Å²) in [7, 11) is 0. The molecule has 0 radical (unpaired) electrons. The van der Waals surface area contributed by atoms with Crippen LogP contribution in [0.2, 0.25) is 0 Å². The van der Waals surface area contributed by atoms with Crippen molar-refractivity contribution in [1.29, 1.82) is 0 Å². The Bertz CT molecular complexity index is 215. The lowest BCUT2D eigenvalue weighted by molar-refractivity contribution is 0.00823. The topological polar surface area (TPSA) is 20.2 Å². The van der Waals surface area contributed by atoms with Crippen molar-refractivity contribution in [3.8, 4) is 0 Å². The van der Waals surface area contributed by atoms with Gasteiger partial charge in [0.1, 0.15) is 0 Å². The summed E-state index contributed by atoms with van der Waals surface area (Å²) < 4.78 is 0. The quantitative estimate of drug-likeness (QED) is 0.526. The maximum Gasteiger partial charge on any atom is 0.0608 e. The van der Waals surface area contributed by atoms with Crippen LogP contribution in [0.15, 0.2) is 11.6 Å². The first-order valence-corrected chi connectivity index (χ1v) is 4.42. The Labute approximate surface area is 68.1 Å². The van der Waals surface area contributed by atoms with Crippen molar-refractivity contribution in [2.75, 3.05) is 0 Å². The summed E-state index contributed by atoms with van der Waals surface area (Å²) in [6.45, 7) is 6.73. The minimum absolute atomic E-state index is 0.0759. The van der Waals surface area contributed by atoms with Gasteiger partial charge in [-0.3, -0.25) is 0 Å². The molecule has 3 atom stereocenters. The van der Waals surface area contributed by atoms with Crippen molar-refractivity contribution in [1.82, 2.24) is 0 Å². The van der Waals surface area contributed by atoms with Crippen molar-refractivity contribution in [2.24, 2.45) is 17.3 Å². The number of hydrogen-bond acceptors (Lipinski definition) is 1. The molecule has 0 aromatic rings. The molecule has 0 saturated heterocycles. The highest BCUT2D eigenvalue weighted by Gasteiger charge is 2.49. The third-order valence-corrected chi connectivity index (χ3v) is 3.64. The maximum atomic E-state index is 9.57. The van der Waals surface area contributed by atoms with Gasteiger partial charge in [0.25, 0.3) is 0 Å². The summed E-state index contributed by atoms with van der Waals surface area (Å²) in [5.74, 6) is 1.09. The molecule has 62 valence electrons. The molecule has 3 aliphatic carbocycles. The van der Waals surface area contributed by atoms with Gasteiger partial charge in [0, 0.05) is 0 Å². The summed E-state index contributed by atoms with van der Waals surface area (Å²) in [6.07, 6.45) is 3.18. The van der Waals surface area contributed by atoms with E-state index in [0.29, 0.717) is 17.3 Å². The largest absolute Gasteiger partial charge is 0.392 e. The van der Waals surface area contributed by atoms with E-state index in [0.717, 1.165) is 6.42 Å². The summed E-state index contributed by atoms with van der Waals surface area (Å²) >= 11 is 0. The van der Waals surface area contributed by atoms with Gasteiger partial charge < -0.3 is 5.11 Å². The molecule has 3 rings (SSSR count). The average molecular weight is 152 g/mol. The fourth-order valence-electron chi connectivity index (χ4n) is 2.55. The summed E-state index contributed by atoms with van der Waals surface area (Å²) in [6, 6.07) is 0. The van der Waals surface area contributed by atoms with Crippen LogP contribution < -0.4 is 0 Å². The van der Waals surface area contributed by atoms with Gasteiger partial charge in [0.05, 0.1) is 6.10 Å². The molecule has 1 heteroatoms. The highest BCUT2D eigenvalue weighted by molar-refractivity contribution is 5.32.